The molecular weight excluding hydrogens is 240 g/mol. The Morgan fingerprint density at radius 2 is 2.11 bits per heavy atom. The molecule has 2 aromatic rings. The number of rotatable bonds is 4. The van der Waals surface area contributed by atoms with Gasteiger partial charge in [-0.1, -0.05) is 18.1 Å². The smallest absolute Gasteiger partial charge is 0.263 e. The number of aryl methyl sites for hydroxylation is 1. The van der Waals surface area contributed by atoms with Crippen LogP contribution in [-0.4, -0.2) is 16.7 Å². The van der Waals surface area contributed by atoms with Crippen LogP contribution >= 0.6 is 0 Å². The molecule has 0 bridgehead atoms. The second-order valence-corrected chi connectivity index (χ2v) is 3.85. The van der Waals surface area contributed by atoms with Crippen molar-refractivity contribution in [2.45, 2.75) is 20.4 Å². The van der Waals surface area contributed by atoms with Crippen molar-refractivity contribution in [1.82, 2.24) is 15.5 Å². The number of hydrogen-bond acceptors (Lipinski definition) is 4. The Hall–Kier alpha value is -1.82. The van der Waals surface area contributed by atoms with E-state index in [0.717, 1.165) is 6.54 Å². The summed E-state index contributed by atoms with van der Waals surface area (Å²) in [7, 11) is 0. The van der Waals surface area contributed by atoms with Crippen molar-refractivity contribution in [3.8, 4) is 11.5 Å². The summed E-state index contributed by atoms with van der Waals surface area (Å²) < 4.78 is 32.3. The Morgan fingerprint density at radius 1 is 1.33 bits per heavy atom. The van der Waals surface area contributed by atoms with E-state index in [2.05, 4.69) is 15.5 Å². The van der Waals surface area contributed by atoms with Crippen LogP contribution in [-0.2, 0) is 6.54 Å². The molecule has 0 radical (unpaired) electrons. The molecule has 2 rings (SSSR count). The predicted molar refractivity (Wildman–Crippen MR) is 61.8 cm³/mol. The van der Waals surface area contributed by atoms with E-state index in [1.165, 1.54) is 12.1 Å². The van der Waals surface area contributed by atoms with Gasteiger partial charge in [-0.15, -0.1) is 0 Å². The maximum atomic E-state index is 13.8. The molecule has 1 heterocycles. The van der Waals surface area contributed by atoms with Gasteiger partial charge >= 0.3 is 0 Å². The largest absolute Gasteiger partial charge is 0.334 e. The average molecular weight is 253 g/mol. The fraction of sp³-hybridized carbons (Fsp3) is 0.333. The van der Waals surface area contributed by atoms with E-state index < -0.39 is 11.6 Å². The molecule has 1 N–H and O–H groups in total. The zero-order valence-corrected chi connectivity index (χ0v) is 10.1. The van der Waals surface area contributed by atoms with Crippen LogP contribution in [0.2, 0.25) is 0 Å². The normalized spacial score (nSPS) is 10.9. The van der Waals surface area contributed by atoms with Crippen LogP contribution in [0.4, 0.5) is 8.78 Å². The molecule has 6 heteroatoms. The number of nitrogens with zero attached hydrogens (tertiary/aromatic N) is 2. The van der Waals surface area contributed by atoms with Crippen molar-refractivity contribution in [1.29, 1.82) is 0 Å². The molecule has 0 saturated heterocycles. The van der Waals surface area contributed by atoms with E-state index in [1.54, 1.807) is 6.92 Å². The highest BCUT2D eigenvalue weighted by molar-refractivity contribution is 5.56. The third-order valence-electron chi connectivity index (χ3n) is 2.50. The fourth-order valence-corrected chi connectivity index (χ4v) is 1.52. The van der Waals surface area contributed by atoms with Crippen LogP contribution in [0.3, 0.4) is 0 Å². The summed E-state index contributed by atoms with van der Waals surface area (Å²) in [6, 6.07) is 2.55. The monoisotopic (exact) mass is 253 g/mol. The van der Waals surface area contributed by atoms with E-state index in [4.69, 9.17) is 4.52 Å². The van der Waals surface area contributed by atoms with Crippen molar-refractivity contribution >= 4 is 0 Å². The quantitative estimate of drug-likeness (QED) is 0.909. The average Bonchev–Trinajstić information content (AvgIpc) is 2.80. The van der Waals surface area contributed by atoms with Crippen molar-refractivity contribution in [2.24, 2.45) is 0 Å². The Labute approximate surface area is 103 Å². The molecule has 0 spiro atoms. The Bertz CT molecular complexity index is 554. The lowest BCUT2D eigenvalue weighted by atomic mass is 10.1. The second kappa shape index (κ2) is 5.22. The first-order chi connectivity index (χ1) is 8.63. The van der Waals surface area contributed by atoms with E-state index in [9.17, 15) is 8.78 Å². The maximum absolute atomic E-state index is 13.8. The summed E-state index contributed by atoms with van der Waals surface area (Å²) in [4.78, 5) is 3.96. The van der Waals surface area contributed by atoms with Crippen LogP contribution in [0.25, 0.3) is 11.5 Å². The van der Waals surface area contributed by atoms with Crippen LogP contribution in [0.1, 0.15) is 18.3 Å². The lowest BCUT2D eigenvalue weighted by Gasteiger charge is -2.02. The topological polar surface area (TPSA) is 51.0 Å². The van der Waals surface area contributed by atoms with E-state index >= 15 is 0 Å². The van der Waals surface area contributed by atoms with Gasteiger partial charge in [0.05, 0.1) is 6.54 Å². The first-order valence-electron chi connectivity index (χ1n) is 5.61. The molecule has 18 heavy (non-hydrogen) atoms. The Balaban J connectivity index is 2.37. The van der Waals surface area contributed by atoms with Crippen LogP contribution < -0.4 is 5.32 Å². The first kappa shape index (κ1) is 12.6. The van der Waals surface area contributed by atoms with Crippen LogP contribution in [0.5, 0.6) is 0 Å². The Morgan fingerprint density at radius 3 is 2.83 bits per heavy atom. The molecule has 0 unspecified atom stereocenters. The highest BCUT2D eigenvalue weighted by Gasteiger charge is 2.19. The van der Waals surface area contributed by atoms with Crippen LogP contribution in [0, 0.1) is 18.6 Å². The molecule has 96 valence electrons. The lowest BCUT2D eigenvalue weighted by Crippen LogP contribution is -2.12. The highest BCUT2D eigenvalue weighted by Crippen LogP contribution is 2.26. The number of hydrogen-bond donors (Lipinski definition) is 1. The van der Waals surface area contributed by atoms with Crippen molar-refractivity contribution < 1.29 is 13.3 Å². The van der Waals surface area contributed by atoms with Crippen LogP contribution in [0.15, 0.2) is 16.7 Å². The molecule has 0 aliphatic carbocycles. The van der Waals surface area contributed by atoms with E-state index in [-0.39, 0.29) is 11.5 Å². The molecule has 0 saturated carbocycles. The van der Waals surface area contributed by atoms with Gasteiger partial charge in [0.25, 0.3) is 5.89 Å². The fourth-order valence-electron chi connectivity index (χ4n) is 1.52. The molecular formula is C12H13F2N3O. The maximum Gasteiger partial charge on any atom is 0.263 e. The molecule has 4 nitrogen and oxygen atoms in total. The minimum absolute atomic E-state index is 0.137. The van der Waals surface area contributed by atoms with Gasteiger partial charge in [-0.2, -0.15) is 4.98 Å². The molecule has 0 atom stereocenters. The van der Waals surface area contributed by atoms with Gasteiger partial charge in [0.1, 0.15) is 17.2 Å². The number of halogens is 2. The van der Waals surface area contributed by atoms with Gasteiger partial charge < -0.3 is 9.84 Å². The van der Waals surface area contributed by atoms with E-state index in [1.807, 2.05) is 6.92 Å². The van der Waals surface area contributed by atoms with Gasteiger partial charge in [0, 0.05) is 0 Å². The van der Waals surface area contributed by atoms with Crippen molar-refractivity contribution in [2.75, 3.05) is 6.54 Å². The summed E-state index contributed by atoms with van der Waals surface area (Å²) >= 11 is 0. The molecule has 1 aromatic carbocycles. The third kappa shape index (κ3) is 2.38. The lowest BCUT2D eigenvalue weighted by molar-refractivity contribution is 0.414. The minimum atomic E-state index is -0.711. The van der Waals surface area contributed by atoms with Gasteiger partial charge in [-0.3, -0.25) is 0 Å². The number of benzene rings is 1. The second-order valence-electron chi connectivity index (χ2n) is 3.85. The summed E-state index contributed by atoms with van der Waals surface area (Å²) in [6.45, 7) is 4.63. The Kier molecular flexibility index (Phi) is 3.66. The summed E-state index contributed by atoms with van der Waals surface area (Å²) in [5.74, 6) is -1.15. The number of nitrogens with one attached hydrogen (secondary N) is 1. The highest BCUT2D eigenvalue weighted by atomic mass is 19.1. The van der Waals surface area contributed by atoms with Gasteiger partial charge in [-0.25, -0.2) is 8.78 Å². The molecule has 1 aromatic heterocycles. The molecule has 0 aliphatic rings. The number of aromatic nitrogens is 2. The summed E-state index contributed by atoms with van der Waals surface area (Å²) in [5, 5.41) is 6.66. The minimum Gasteiger partial charge on any atom is -0.334 e. The van der Waals surface area contributed by atoms with Gasteiger partial charge in [-0.05, 0) is 25.1 Å². The third-order valence-corrected chi connectivity index (χ3v) is 2.50. The zero-order valence-electron chi connectivity index (χ0n) is 10.1. The van der Waals surface area contributed by atoms with Gasteiger partial charge in [0.15, 0.2) is 5.82 Å². The molecule has 0 fully saturated rings. The first-order valence-corrected chi connectivity index (χ1v) is 5.61. The summed E-state index contributed by atoms with van der Waals surface area (Å²) in [6.07, 6.45) is 0. The van der Waals surface area contributed by atoms with Gasteiger partial charge in [0.2, 0.25) is 0 Å². The van der Waals surface area contributed by atoms with E-state index in [0.29, 0.717) is 17.9 Å². The zero-order chi connectivity index (χ0) is 13.1. The molecule has 0 aliphatic heterocycles. The van der Waals surface area contributed by atoms with Crippen molar-refractivity contribution in [3.05, 3.63) is 35.2 Å². The standard InChI is InChI=1S/C12H13F2N3O/c1-3-15-6-9-16-12(18-17-9)10-8(13)5-4-7(2)11(10)14/h4-5,15H,3,6H2,1-2H3. The SMILES string of the molecule is CCNCc1noc(-c2c(F)ccc(C)c2F)n1. The summed E-state index contributed by atoms with van der Waals surface area (Å²) in [5.41, 5.74) is 0.0584. The molecule has 0 amide bonds. The van der Waals surface area contributed by atoms with Crippen molar-refractivity contribution in [3.63, 3.8) is 0 Å². The predicted octanol–water partition coefficient (Wildman–Crippen LogP) is 2.43.